The highest BCUT2D eigenvalue weighted by Crippen LogP contribution is 2.22. The lowest BCUT2D eigenvalue weighted by molar-refractivity contribution is -0.174. The van der Waals surface area contributed by atoms with Crippen molar-refractivity contribution in [3.63, 3.8) is 0 Å². The predicted octanol–water partition coefficient (Wildman–Crippen LogP) is 3.84. The lowest BCUT2D eigenvalue weighted by Gasteiger charge is -2.42. The van der Waals surface area contributed by atoms with Crippen molar-refractivity contribution in [1.82, 2.24) is 14.7 Å². The molecule has 0 aromatic heterocycles. The molecule has 2 saturated heterocycles. The molecule has 1 aliphatic carbocycles. The van der Waals surface area contributed by atoms with Gasteiger partial charge >= 0.3 is 18.0 Å². The lowest BCUT2D eigenvalue weighted by atomic mass is 9.98. The number of ether oxygens (including phenoxy) is 4. The van der Waals surface area contributed by atoms with Crippen LogP contribution in [-0.4, -0.2) is 109 Å². The molecule has 4 rings (SSSR count). The molecule has 13 heteroatoms. The molecule has 0 radical (unpaired) electrons. The minimum absolute atomic E-state index is 0. The van der Waals surface area contributed by atoms with Crippen LogP contribution in [0.25, 0.3) is 0 Å². The van der Waals surface area contributed by atoms with Gasteiger partial charge in [-0.2, -0.15) is 0 Å². The Hall–Kier alpha value is -3.38. The van der Waals surface area contributed by atoms with Gasteiger partial charge in [-0.3, -0.25) is 19.3 Å². The van der Waals surface area contributed by atoms with E-state index in [4.69, 9.17) is 18.9 Å². The van der Waals surface area contributed by atoms with Crippen LogP contribution >= 0.6 is 12.4 Å². The van der Waals surface area contributed by atoms with Crippen LogP contribution in [0.3, 0.4) is 0 Å². The smallest absolute Gasteiger partial charge is 0.412 e. The number of amides is 2. The quantitative estimate of drug-likeness (QED) is 0.198. The molecular weight excluding hydrogens is 606 g/mol. The molecule has 3 fully saturated rings. The standard InChI is InChI=1S/C32H45N3O9.ClH/c1-22(2)31(42-23(3)36)44-32(40)33-15-13-25(14-16-33)34-17-18-35(29(38)20-34)19-28(37)24-9-11-26(12-10-24)41-21-30(39)43-27-7-5-4-6-8-27;/h9-12,22,25,27,31H,4-8,13-21H2,1-3H3;1H. The Morgan fingerprint density at radius 2 is 1.56 bits per heavy atom. The maximum atomic E-state index is 12.9. The molecule has 2 heterocycles. The molecular formula is C32H46ClN3O9. The molecule has 250 valence electrons. The molecule has 0 N–H and O–H groups in total. The normalized spacial score (nSPS) is 19.0. The minimum atomic E-state index is -0.932. The number of carbonyl (C=O) groups is 5. The average Bonchev–Trinajstić information content (AvgIpc) is 3.01. The molecule has 45 heavy (non-hydrogen) atoms. The Balaban J connectivity index is 0.00000552. The number of rotatable bonds is 11. The summed E-state index contributed by atoms with van der Waals surface area (Å²) in [4.78, 5) is 67.2. The summed E-state index contributed by atoms with van der Waals surface area (Å²) >= 11 is 0. The molecule has 1 atom stereocenters. The van der Waals surface area contributed by atoms with Gasteiger partial charge in [0.25, 0.3) is 6.29 Å². The largest absolute Gasteiger partial charge is 0.482 e. The Bertz CT molecular complexity index is 1160. The summed E-state index contributed by atoms with van der Waals surface area (Å²) in [7, 11) is 0. The number of nitrogens with zero attached hydrogens (tertiary/aromatic N) is 3. The zero-order valence-electron chi connectivity index (χ0n) is 26.4. The van der Waals surface area contributed by atoms with Crippen LogP contribution in [0.15, 0.2) is 24.3 Å². The first-order valence-electron chi connectivity index (χ1n) is 15.7. The second-order valence-corrected chi connectivity index (χ2v) is 12.1. The van der Waals surface area contributed by atoms with E-state index in [1.54, 1.807) is 34.1 Å². The molecule has 1 aromatic rings. The third-order valence-corrected chi connectivity index (χ3v) is 8.35. The molecule has 0 bridgehead atoms. The van der Waals surface area contributed by atoms with E-state index < -0.39 is 24.3 Å². The Morgan fingerprint density at radius 1 is 0.889 bits per heavy atom. The maximum Gasteiger partial charge on any atom is 0.412 e. The van der Waals surface area contributed by atoms with Crippen molar-refractivity contribution in [2.45, 2.75) is 84.2 Å². The summed E-state index contributed by atoms with van der Waals surface area (Å²) in [6.07, 6.45) is 5.05. The Morgan fingerprint density at radius 3 is 2.16 bits per heavy atom. The van der Waals surface area contributed by atoms with Crippen LogP contribution in [-0.2, 0) is 28.6 Å². The van der Waals surface area contributed by atoms with Crippen LogP contribution in [0.4, 0.5) is 4.79 Å². The van der Waals surface area contributed by atoms with Crippen molar-refractivity contribution >= 4 is 42.1 Å². The van der Waals surface area contributed by atoms with Crippen LogP contribution in [0.1, 0.15) is 76.1 Å². The zero-order chi connectivity index (χ0) is 31.6. The lowest BCUT2D eigenvalue weighted by Crippen LogP contribution is -2.56. The van der Waals surface area contributed by atoms with Gasteiger partial charge in [-0.15, -0.1) is 12.4 Å². The van der Waals surface area contributed by atoms with E-state index in [1.807, 2.05) is 13.8 Å². The number of Topliss-reactive ketones (excluding diaryl/α,β-unsaturated/α-hetero) is 1. The fourth-order valence-corrected chi connectivity index (χ4v) is 5.80. The first kappa shape index (κ1) is 36.1. The minimum Gasteiger partial charge on any atom is -0.482 e. The second-order valence-electron chi connectivity index (χ2n) is 12.1. The van der Waals surface area contributed by atoms with Gasteiger partial charge in [0.15, 0.2) is 12.4 Å². The monoisotopic (exact) mass is 651 g/mol. The van der Waals surface area contributed by atoms with Gasteiger partial charge in [0.05, 0.1) is 13.1 Å². The highest BCUT2D eigenvalue weighted by molar-refractivity contribution is 5.99. The summed E-state index contributed by atoms with van der Waals surface area (Å²) in [5.41, 5.74) is 0.463. The van der Waals surface area contributed by atoms with Crippen LogP contribution in [0.5, 0.6) is 5.75 Å². The van der Waals surface area contributed by atoms with Gasteiger partial charge < -0.3 is 28.7 Å². The van der Waals surface area contributed by atoms with Crippen molar-refractivity contribution in [1.29, 1.82) is 0 Å². The topological polar surface area (TPSA) is 132 Å². The van der Waals surface area contributed by atoms with Crippen molar-refractivity contribution in [3.05, 3.63) is 29.8 Å². The fraction of sp³-hybridized carbons (Fsp3) is 0.656. The van der Waals surface area contributed by atoms with E-state index in [0.29, 0.717) is 50.3 Å². The average molecular weight is 652 g/mol. The summed E-state index contributed by atoms with van der Waals surface area (Å²) in [6, 6.07) is 6.70. The summed E-state index contributed by atoms with van der Waals surface area (Å²) in [6.45, 7) is 6.95. The summed E-state index contributed by atoms with van der Waals surface area (Å²) < 4.78 is 21.5. The number of piperidine rings is 1. The van der Waals surface area contributed by atoms with E-state index in [2.05, 4.69) is 4.90 Å². The number of ketones is 1. The highest BCUT2D eigenvalue weighted by Gasteiger charge is 2.34. The third kappa shape index (κ3) is 10.9. The maximum absolute atomic E-state index is 12.9. The number of carbonyl (C=O) groups excluding carboxylic acids is 5. The summed E-state index contributed by atoms with van der Waals surface area (Å²) in [5, 5.41) is 0. The number of benzene rings is 1. The van der Waals surface area contributed by atoms with Crippen LogP contribution in [0, 0.1) is 5.92 Å². The molecule has 2 amide bonds. The van der Waals surface area contributed by atoms with E-state index >= 15 is 0 Å². The van der Waals surface area contributed by atoms with Crippen molar-refractivity contribution < 1.29 is 42.9 Å². The Labute approximate surface area is 271 Å². The van der Waals surface area contributed by atoms with Gasteiger partial charge in [-0.1, -0.05) is 20.3 Å². The molecule has 1 unspecified atom stereocenters. The van der Waals surface area contributed by atoms with Crippen LogP contribution in [0.2, 0.25) is 0 Å². The molecule has 0 spiro atoms. The van der Waals surface area contributed by atoms with Gasteiger partial charge in [0.2, 0.25) is 5.91 Å². The Kier molecular flexibility index (Phi) is 13.9. The number of likely N-dealkylation sites (tertiary alicyclic amines) is 1. The van der Waals surface area contributed by atoms with E-state index in [1.165, 1.54) is 13.3 Å². The van der Waals surface area contributed by atoms with Crippen molar-refractivity contribution in [2.75, 3.05) is 45.9 Å². The van der Waals surface area contributed by atoms with E-state index in [0.717, 1.165) is 25.7 Å². The SMILES string of the molecule is CC(=O)OC(OC(=O)N1CCC(N2CCN(CC(=O)c3ccc(OCC(=O)OC4CCCCC4)cc3)C(=O)C2)CC1)C(C)C.Cl. The van der Waals surface area contributed by atoms with E-state index in [9.17, 15) is 24.0 Å². The highest BCUT2D eigenvalue weighted by atomic mass is 35.5. The number of esters is 2. The number of hydrogen-bond donors (Lipinski definition) is 0. The van der Waals surface area contributed by atoms with Crippen molar-refractivity contribution in [3.8, 4) is 5.75 Å². The second kappa shape index (κ2) is 17.4. The third-order valence-electron chi connectivity index (χ3n) is 8.35. The number of halogens is 1. The molecule has 12 nitrogen and oxygen atoms in total. The number of hydrogen-bond acceptors (Lipinski definition) is 10. The first-order valence-corrected chi connectivity index (χ1v) is 15.7. The molecule has 2 aliphatic heterocycles. The van der Waals surface area contributed by atoms with Gasteiger partial charge in [0.1, 0.15) is 11.9 Å². The molecule has 1 aromatic carbocycles. The first-order chi connectivity index (χ1) is 21.1. The van der Waals surface area contributed by atoms with Crippen LogP contribution < -0.4 is 4.74 Å². The van der Waals surface area contributed by atoms with Gasteiger partial charge in [-0.05, 0) is 62.8 Å². The van der Waals surface area contributed by atoms with E-state index in [-0.39, 0.29) is 61.9 Å². The molecule has 3 aliphatic rings. The fourth-order valence-electron chi connectivity index (χ4n) is 5.80. The number of piperazine rings is 1. The zero-order valence-corrected chi connectivity index (χ0v) is 27.3. The van der Waals surface area contributed by atoms with Crippen molar-refractivity contribution in [2.24, 2.45) is 5.92 Å². The van der Waals surface area contributed by atoms with Gasteiger partial charge in [-0.25, -0.2) is 9.59 Å². The van der Waals surface area contributed by atoms with Gasteiger partial charge in [0, 0.05) is 50.6 Å². The summed E-state index contributed by atoms with van der Waals surface area (Å²) in [5.74, 6) is -0.877. The molecule has 1 saturated carbocycles. The predicted molar refractivity (Wildman–Crippen MR) is 166 cm³/mol.